The molecule has 166 valence electrons. The molecule has 0 aliphatic rings. The van der Waals surface area contributed by atoms with Crippen LogP contribution in [-0.2, 0) is 11.0 Å². The van der Waals surface area contributed by atoms with E-state index in [1.54, 1.807) is 12.1 Å². The lowest BCUT2D eigenvalue weighted by Crippen LogP contribution is -2.20. The second kappa shape index (κ2) is 9.86. The third-order valence-corrected chi connectivity index (χ3v) is 5.27. The summed E-state index contributed by atoms with van der Waals surface area (Å²) in [6.07, 6.45) is -4.50. The number of halogens is 4. The Morgan fingerprint density at radius 1 is 0.938 bits per heavy atom. The molecule has 0 fully saturated rings. The molecule has 3 aromatic rings. The number of hydrogen-bond donors (Lipinski definition) is 2. The quantitative estimate of drug-likeness (QED) is 0.427. The molecule has 0 unspecified atom stereocenters. The van der Waals surface area contributed by atoms with Gasteiger partial charge in [-0.05, 0) is 73.2 Å². The van der Waals surface area contributed by atoms with Crippen LogP contribution in [0.1, 0.15) is 21.5 Å². The van der Waals surface area contributed by atoms with E-state index in [-0.39, 0.29) is 23.8 Å². The van der Waals surface area contributed by atoms with Gasteiger partial charge in [0.15, 0.2) is 6.61 Å². The van der Waals surface area contributed by atoms with Gasteiger partial charge in [0.25, 0.3) is 11.8 Å². The van der Waals surface area contributed by atoms with Crippen LogP contribution in [0, 0.1) is 6.92 Å². The van der Waals surface area contributed by atoms with Crippen molar-refractivity contribution in [2.24, 2.45) is 0 Å². The fraction of sp³-hybridized carbons (Fsp3) is 0.130. The summed E-state index contributed by atoms with van der Waals surface area (Å²) in [6.45, 7) is 1.71. The lowest BCUT2D eigenvalue weighted by molar-refractivity contribution is -0.137. The summed E-state index contributed by atoms with van der Waals surface area (Å²) in [5, 5.41) is 5.08. The number of nitrogens with one attached hydrogen (secondary N) is 2. The lowest BCUT2D eigenvalue weighted by Gasteiger charge is -2.11. The van der Waals surface area contributed by atoms with E-state index in [0.717, 1.165) is 22.2 Å². The highest BCUT2D eigenvalue weighted by Crippen LogP contribution is 2.30. The van der Waals surface area contributed by atoms with Crippen LogP contribution < -0.4 is 15.4 Å². The van der Waals surface area contributed by atoms with Crippen molar-refractivity contribution in [3.8, 4) is 5.75 Å². The highest BCUT2D eigenvalue weighted by atomic mass is 79.9. The van der Waals surface area contributed by atoms with Crippen LogP contribution in [0.4, 0.5) is 24.5 Å². The minimum atomic E-state index is -4.50. The number of rotatable bonds is 6. The van der Waals surface area contributed by atoms with Gasteiger partial charge in [0.05, 0.1) is 5.56 Å². The Kier molecular flexibility index (Phi) is 7.19. The summed E-state index contributed by atoms with van der Waals surface area (Å²) in [6, 6.07) is 15.7. The largest absolute Gasteiger partial charge is 0.484 e. The van der Waals surface area contributed by atoms with Gasteiger partial charge in [0.2, 0.25) is 0 Å². The zero-order valence-electron chi connectivity index (χ0n) is 16.8. The second-order valence-corrected chi connectivity index (χ2v) is 7.71. The highest BCUT2D eigenvalue weighted by Gasteiger charge is 2.30. The first kappa shape index (κ1) is 23.3. The molecule has 2 amide bonds. The Balaban J connectivity index is 1.55. The van der Waals surface area contributed by atoms with Crippen molar-refractivity contribution in [2.45, 2.75) is 13.1 Å². The van der Waals surface area contributed by atoms with Crippen molar-refractivity contribution in [1.82, 2.24) is 0 Å². The van der Waals surface area contributed by atoms with Gasteiger partial charge in [-0.3, -0.25) is 9.59 Å². The molecule has 0 atom stereocenters. The smallest absolute Gasteiger partial charge is 0.416 e. The SMILES string of the molecule is Cc1cc(OCC(=O)Nc2ccc(C(=O)Nc3cccc(C(F)(F)F)c3)cc2)ccc1Br. The van der Waals surface area contributed by atoms with Crippen molar-refractivity contribution >= 4 is 39.1 Å². The summed E-state index contributed by atoms with van der Waals surface area (Å²) < 4.78 is 44.8. The van der Waals surface area contributed by atoms with E-state index in [9.17, 15) is 22.8 Å². The van der Waals surface area contributed by atoms with Crippen molar-refractivity contribution in [1.29, 1.82) is 0 Å². The maximum absolute atomic E-state index is 12.8. The van der Waals surface area contributed by atoms with Crippen LogP contribution in [0.2, 0.25) is 0 Å². The third-order valence-electron chi connectivity index (χ3n) is 4.38. The molecule has 0 aliphatic heterocycles. The van der Waals surface area contributed by atoms with Gasteiger partial charge in [0.1, 0.15) is 5.75 Å². The molecular formula is C23H18BrF3N2O3. The molecule has 0 spiro atoms. The molecule has 5 nitrogen and oxygen atoms in total. The zero-order valence-corrected chi connectivity index (χ0v) is 18.4. The molecule has 3 aromatic carbocycles. The monoisotopic (exact) mass is 506 g/mol. The normalized spacial score (nSPS) is 11.0. The number of alkyl halides is 3. The molecule has 0 bridgehead atoms. The van der Waals surface area contributed by atoms with Crippen molar-refractivity contribution in [3.05, 3.63) is 87.9 Å². The highest BCUT2D eigenvalue weighted by molar-refractivity contribution is 9.10. The predicted octanol–water partition coefficient (Wildman–Crippen LogP) is 6.05. The van der Waals surface area contributed by atoms with E-state index in [1.165, 1.54) is 36.4 Å². The maximum Gasteiger partial charge on any atom is 0.416 e. The first-order valence-corrected chi connectivity index (χ1v) is 10.2. The van der Waals surface area contributed by atoms with Gasteiger partial charge in [-0.1, -0.05) is 22.0 Å². The Labute approximate surface area is 190 Å². The van der Waals surface area contributed by atoms with E-state index in [1.807, 2.05) is 13.0 Å². The Morgan fingerprint density at radius 2 is 1.66 bits per heavy atom. The van der Waals surface area contributed by atoms with Crippen LogP contribution in [0.15, 0.2) is 71.2 Å². The van der Waals surface area contributed by atoms with Gasteiger partial charge >= 0.3 is 6.18 Å². The Hall–Kier alpha value is -3.33. The van der Waals surface area contributed by atoms with Crippen LogP contribution in [-0.4, -0.2) is 18.4 Å². The molecule has 0 saturated carbocycles. The summed E-state index contributed by atoms with van der Waals surface area (Å²) >= 11 is 3.39. The fourth-order valence-electron chi connectivity index (χ4n) is 2.73. The van der Waals surface area contributed by atoms with Crippen LogP contribution in [0.25, 0.3) is 0 Å². The number of benzene rings is 3. The molecule has 0 aromatic heterocycles. The lowest BCUT2D eigenvalue weighted by atomic mass is 10.1. The standard InChI is InChI=1S/C23H18BrF3N2O3/c1-14-11-19(9-10-20(14)24)32-13-21(30)28-17-7-5-15(6-8-17)22(31)29-18-4-2-3-16(12-18)23(25,26)27/h2-12H,13H2,1H3,(H,28,30)(H,29,31). The molecule has 32 heavy (non-hydrogen) atoms. The van der Waals surface area contributed by atoms with Crippen LogP contribution >= 0.6 is 15.9 Å². The zero-order chi connectivity index (χ0) is 23.3. The molecule has 9 heteroatoms. The number of carbonyl (C=O) groups is 2. The van der Waals surface area contributed by atoms with Crippen molar-refractivity contribution in [2.75, 3.05) is 17.2 Å². The van der Waals surface area contributed by atoms with E-state index < -0.39 is 17.6 Å². The molecule has 3 rings (SSSR count). The fourth-order valence-corrected chi connectivity index (χ4v) is 2.98. The average molecular weight is 507 g/mol. The van der Waals surface area contributed by atoms with Gasteiger partial charge in [-0.2, -0.15) is 13.2 Å². The summed E-state index contributed by atoms with van der Waals surface area (Å²) in [5.41, 5.74) is 0.821. The second-order valence-electron chi connectivity index (χ2n) is 6.86. The topological polar surface area (TPSA) is 67.4 Å². The minimum Gasteiger partial charge on any atom is -0.484 e. The van der Waals surface area contributed by atoms with Gasteiger partial charge < -0.3 is 15.4 Å². The van der Waals surface area contributed by atoms with E-state index in [0.29, 0.717) is 11.4 Å². The van der Waals surface area contributed by atoms with Gasteiger partial charge in [-0.15, -0.1) is 0 Å². The van der Waals surface area contributed by atoms with Crippen molar-refractivity contribution < 1.29 is 27.5 Å². The van der Waals surface area contributed by atoms with Gasteiger partial charge in [0, 0.05) is 21.4 Å². The number of amides is 2. The molecule has 2 N–H and O–H groups in total. The maximum atomic E-state index is 12.8. The average Bonchev–Trinajstić information content (AvgIpc) is 2.74. The molecule has 0 saturated heterocycles. The van der Waals surface area contributed by atoms with Crippen LogP contribution in [0.3, 0.4) is 0 Å². The van der Waals surface area contributed by atoms with E-state index in [4.69, 9.17) is 4.74 Å². The summed E-state index contributed by atoms with van der Waals surface area (Å²) in [7, 11) is 0. The molecular weight excluding hydrogens is 489 g/mol. The molecule has 0 aliphatic carbocycles. The predicted molar refractivity (Wildman–Crippen MR) is 119 cm³/mol. The van der Waals surface area contributed by atoms with Gasteiger partial charge in [-0.25, -0.2) is 0 Å². The molecule has 0 heterocycles. The molecule has 0 radical (unpaired) electrons. The summed E-state index contributed by atoms with van der Waals surface area (Å²) in [4.78, 5) is 24.4. The van der Waals surface area contributed by atoms with Crippen molar-refractivity contribution in [3.63, 3.8) is 0 Å². The van der Waals surface area contributed by atoms with Crippen LogP contribution in [0.5, 0.6) is 5.75 Å². The Bertz CT molecular complexity index is 1130. The summed E-state index contributed by atoms with van der Waals surface area (Å²) in [5.74, 6) is -0.398. The number of carbonyl (C=O) groups excluding carboxylic acids is 2. The first-order valence-electron chi connectivity index (χ1n) is 9.39. The third kappa shape index (κ3) is 6.34. The minimum absolute atomic E-state index is 0.0301. The number of ether oxygens (including phenoxy) is 1. The van der Waals surface area contributed by atoms with E-state index >= 15 is 0 Å². The first-order chi connectivity index (χ1) is 15.1. The number of anilines is 2. The number of aryl methyl sites for hydroxylation is 1. The van der Waals surface area contributed by atoms with E-state index in [2.05, 4.69) is 26.6 Å². The Morgan fingerprint density at radius 3 is 2.31 bits per heavy atom. The number of hydrogen-bond acceptors (Lipinski definition) is 3.